The number of nitrogens with zero attached hydrogens (tertiary/aromatic N) is 6. The van der Waals surface area contributed by atoms with Gasteiger partial charge in [0, 0.05) is 36.0 Å². The molecule has 0 amide bonds. The van der Waals surface area contributed by atoms with Crippen molar-refractivity contribution in [3.05, 3.63) is 58.6 Å². The normalized spacial score (nSPS) is 13.7. The van der Waals surface area contributed by atoms with Crippen molar-refractivity contribution in [2.45, 2.75) is 36.4 Å². The molecule has 154 valence electrons. The molecule has 1 aliphatic rings. The number of thiazole rings is 1. The van der Waals surface area contributed by atoms with Gasteiger partial charge in [-0.2, -0.15) is 5.10 Å². The fourth-order valence-corrected chi connectivity index (χ4v) is 5.09. The van der Waals surface area contributed by atoms with E-state index in [-0.39, 0.29) is 0 Å². The van der Waals surface area contributed by atoms with Crippen LogP contribution in [0.2, 0.25) is 5.02 Å². The third-order valence-electron chi connectivity index (χ3n) is 4.69. The lowest BCUT2D eigenvalue weighted by Crippen LogP contribution is -2.07. The van der Waals surface area contributed by atoms with Gasteiger partial charge in [-0.1, -0.05) is 35.5 Å². The number of thioether (sulfide) groups is 1. The minimum Gasteiger partial charge on any atom is -0.484 e. The Hall–Kier alpha value is -2.36. The van der Waals surface area contributed by atoms with E-state index in [9.17, 15) is 0 Å². The van der Waals surface area contributed by atoms with Crippen molar-refractivity contribution < 1.29 is 4.74 Å². The molecule has 0 spiro atoms. The van der Waals surface area contributed by atoms with Gasteiger partial charge in [-0.15, -0.1) is 21.5 Å². The van der Waals surface area contributed by atoms with Crippen LogP contribution in [0.25, 0.3) is 10.6 Å². The van der Waals surface area contributed by atoms with Gasteiger partial charge in [-0.3, -0.25) is 9.25 Å². The van der Waals surface area contributed by atoms with E-state index < -0.39 is 0 Å². The maximum atomic E-state index is 6.19. The van der Waals surface area contributed by atoms with Gasteiger partial charge in [-0.25, -0.2) is 4.98 Å². The van der Waals surface area contributed by atoms with E-state index in [4.69, 9.17) is 21.3 Å². The zero-order chi connectivity index (χ0) is 20.5. The summed E-state index contributed by atoms with van der Waals surface area (Å²) < 4.78 is 9.88. The lowest BCUT2D eigenvalue weighted by molar-refractivity contribution is 0.288. The highest BCUT2D eigenvalue weighted by Crippen LogP contribution is 2.39. The van der Waals surface area contributed by atoms with Gasteiger partial charge >= 0.3 is 0 Å². The lowest BCUT2D eigenvalue weighted by Gasteiger charge is -2.10. The number of ether oxygens (including phenoxy) is 1. The molecule has 5 rings (SSSR count). The van der Waals surface area contributed by atoms with Crippen molar-refractivity contribution in [3.63, 3.8) is 0 Å². The molecule has 0 bridgehead atoms. The van der Waals surface area contributed by atoms with Gasteiger partial charge in [-0.05, 0) is 25.0 Å². The van der Waals surface area contributed by atoms with Crippen LogP contribution in [0.1, 0.15) is 30.4 Å². The number of hydrogen-bond acceptors (Lipinski definition) is 7. The molecule has 30 heavy (non-hydrogen) atoms. The van der Waals surface area contributed by atoms with E-state index in [1.54, 1.807) is 27.8 Å². The van der Waals surface area contributed by atoms with Gasteiger partial charge in [0.05, 0.1) is 16.9 Å². The van der Waals surface area contributed by atoms with E-state index in [2.05, 4.69) is 25.2 Å². The standard InChI is InChI=1S/C20H19ClN6OS2/c1-26-9-13(8-22-26)19-23-14(11-29-19)12-30-20-25-24-18(27(20)15-6-7-15)10-28-17-5-3-2-4-16(17)21/h2-5,8-9,11,15H,6-7,10,12H2,1H3. The van der Waals surface area contributed by atoms with Crippen LogP contribution in [0.4, 0.5) is 0 Å². The average molecular weight is 459 g/mol. The maximum Gasteiger partial charge on any atom is 0.191 e. The van der Waals surface area contributed by atoms with Crippen molar-refractivity contribution >= 4 is 34.7 Å². The summed E-state index contributed by atoms with van der Waals surface area (Å²) in [5.74, 6) is 2.23. The van der Waals surface area contributed by atoms with Crippen LogP contribution < -0.4 is 4.74 Å². The quantitative estimate of drug-likeness (QED) is 0.346. The molecular weight excluding hydrogens is 440 g/mol. The minimum absolute atomic E-state index is 0.343. The van der Waals surface area contributed by atoms with E-state index >= 15 is 0 Å². The fourth-order valence-electron chi connectivity index (χ4n) is 3.08. The molecule has 1 aromatic carbocycles. The van der Waals surface area contributed by atoms with Crippen LogP contribution in [0, 0.1) is 0 Å². The van der Waals surface area contributed by atoms with Gasteiger partial charge < -0.3 is 4.74 Å². The summed E-state index contributed by atoms with van der Waals surface area (Å²) in [7, 11) is 1.91. The number of aryl methyl sites for hydroxylation is 1. The average Bonchev–Trinajstić information content (AvgIpc) is 3.13. The van der Waals surface area contributed by atoms with E-state index in [0.717, 1.165) is 45.8 Å². The third kappa shape index (κ3) is 4.23. The Morgan fingerprint density at radius 1 is 1.27 bits per heavy atom. The molecule has 0 atom stereocenters. The molecule has 0 saturated heterocycles. The smallest absolute Gasteiger partial charge is 0.191 e. The molecule has 3 aromatic heterocycles. The number of aromatic nitrogens is 6. The van der Waals surface area contributed by atoms with Crippen LogP contribution in [-0.2, 0) is 19.4 Å². The van der Waals surface area contributed by atoms with Crippen molar-refractivity contribution in [1.29, 1.82) is 0 Å². The molecule has 0 aliphatic heterocycles. The van der Waals surface area contributed by atoms with Gasteiger partial charge in [0.1, 0.15) is 17.4 Å². The third-order valence-corrected chi connectivity index (χ3v) is 6.92. The molecule has 7 nitrogen and oxygen atoms in total. The number of benzene rings is 1. The maximum absolute atomic E-state index is 6.19. The summed E-state index contributed by atoms with van der Waals surface area (Å²) in [4.78, 5) is 4.74. The zero-order valence-electron chi connectivity index (χ0n) is 16.2. The predicted molar refractivity (Wildman–Crippen MR) is 118 cm³/mol. The highest BCUT2D eigenvalue weighted by molar-refractivity contribution is 7.98. The first-order chi connectivity index (χ1) is 14.7. The highest BCUT2D eigenvalue weighted by Gasteiger charge is 2.30. The summed E-state index contributed by atoms with van der Waals surface area (Å²) in [6.45, 7) is 0.343. The number of hydrogen-bond donors (Lipinski definition) is 0. The van der Waals surface area contributed by atoms with E-state index in [1.807, 2.05) is 43.7 Å². The van der Waals surface area contributed by atoms with Crippen molar-refractivity contribution in [3.8, 4) is 16.3 Å². The second-order valence-electron chi connectivity index (χ2n) is 7.05. The summed E-state index contributed by atoms with van der Waals surface area (Å²) in [6.07, 6.45) is 6.11. The lowest BCUT2D eigenvalue weighted by atomic mass is 10.3. The predicted octanol–water partition coefficient (Wildman–Crippen LogP) is 4.99. The summed E-state index contributed by atoms with van der Waals surface area (Å²) in [5, 5.41) is 17.6. The highest BCUT2D eigenvalue weighted by atomic mass is 35.5. The topological polar surface area (TPSA) is 70.7 Å². The summed E-state index contributed by atoms with van der Waals surface area (Å²) >= 11 is 9.48. The Bertz CT molecular complexity index is 1170. The first kappa shape index (κ1) is 19.6. The molecule has 1 aliphatic carbocycles. The van der Waals surface area contributed by atoms with Crippen molar-refractivity contribution in [1.82, 2.24) is 29.5 Å². The second kappa shape index (κ2) is 8.41. The Morgan fingerprint density at radius 2 is 2.13 bits per heavy atom. The number of para-hydroxylation sites is 1. The molecule has 3 heterocycles. The van der Waals surface area contributed by atoms with Crippen LogP contribution in [0.3, 0.4) is 0 Å². The van der Waals surface area contributed by atoms with Gasteiger partial charge in [0.15, 0.2) is 11.0 Å². The van der Waals surface area contributed by atoms with E-state index in [0.29, 0.717) is 23.4 Å². The summed E-state index contributed by atoms with van der Waals surface area (Å²) in [5.41, 5.74) is 2.07. The van der Waals surface area contributed by atoms with Crippen molar-refractivity contribution in [2.24, 2.45) is 7.05 Å². The van der Waals surface area contributed by atoms with E-state index in [1.165, 1.54) is 0 Å². The molecule has 1 fully saturated rings. The first-order valence-corrected chi connectivity index (χ1v) is 11.8. The fraction of sp³-hybridized carbons (Fsp3) is 0.300. The number of rotatable bonds is 8. The van der Waals surface area contributed by atoms with Crippen LogP contribution >= 0.6 is 34.7 Å². The Kier molecular flexibility index (Phi) is 5.49. The Morgan fingerprint density at radius 3 is 2.90 bits per heavy atom. The summed E-state index contributed by atoms with van der Waals surface area (Å²) in [6, 6.07) is 7.92. The molecule has 1 saturated carbocycles. The van der Waals surface area contributed by atoms with Gasteiger partial charge in [0.25, 0.3) is 0 Å². The molecule has 0 N–H and O–H groups in total. The number of halogens is 1. The Labute approximate surface area is 187 Å². The monoisotopic (exact) mass is 458 g/mol. The first-order valence-electron chi connectivity index (χ1n) is 9.54. The van der Waals surface area contributed by atoms with Crippen LogP contribution in [-0.4, -0.2) is 29.5 Å². The molecular formula is C20H19ClN6OS2. The Balaban J connectivity index is 1.27. The molecule has 0 unspecified atom stereocenters. The molecule has 4 aromatic rings. The van der Waals surface area contributed by atoms with Gasteiger partial charge in [0.2, 0.25) is 0 Å². The molecule has 10 heteroatoms. The SMILES string of the molecule is Cn1cc(-c2nc(CSc3nnc(COc4ccccc4Cl)n3C3CC3)cs2)cn1. The van der Waals surface area contributed by atoms with Crippen molar-refractivity contribution in [2.75, 3.05) is 0 Å². The van der Waals surface area contributed by atoms with Crippen LogP contribution in [0.5, 0.6) is 5.75 Å². The largest absolute Gasteiger partial charge is 0.484 e. The molecule has 0 radical (unpaired) electrons. The zero-order valence-corrected chi connectivity index (χ0v) is 18.6. The van der Waals surface area contributed by atoms with Crippen LogP contribution in [0.15, 0.2) is 47.2 Å². The minimum atomic E-state index is 0.343. The second-order valence-corrected chi connectivity index (χ2v) is 9.26.